The summed E-state index contributed by atoms with van der Waals surface area (Å²) in [4.78, 5) is 16.4. The van der Waals surface area contributed by atoms with E-state index in [1.807, 2.05) is 23.4 Å². The molecule has 0 radical (unpaired) electrons. The van der Waals surface area contributed by atoms with Crippen molar-refractivity contribution in [2.75, 3.05) is 13.1 Å². The standard InChI is InChI=1S/C10H15N3O/c14-10(13-5-1-2-6-13)12-8-9-3-4-11-7-9/h3-4,7,11H,1-2,5-6,8H2,(H,12,14). The number of aromatic nitrogens is 1. The first-order chi connectivity index (χ1) is 6.86. The summed E-state index contributed by atoms with van der Waals surface area (Å²) in [6.07, 6.45) is 6.02. The molecule has 14 heavy (non-hydrogen) atoms. The van der Waals surface area contributed by atoms with E-state index in [4.69, 9.17) is 0 Å². The summed E-state index contributed by atoms with van der Waals surface area (Å²) in [5.74, 6) is 0. The third-order valence-electron chi connectivity index (χ3n) is 2.50. The zero-order valence-electron chi connectivity index (χ0n) is 8.12. The highest BCUT2D eigenvalue weighted by Crippen LogP contribution is 2.07. The van der Waals surface area contributed by atoms with Crippen LogP contribution < -0.4 is 5.32 Å². The maximum absolute atomic E-state index is 11.5. The molecule has 0 unspecified atom stereocenters. The van der Waals surface area contributed by atoms with Gasteiger partial charge >= 0.3 is 6.03 Å². The minimum atomic E-state index is 0.0590. The molecule has 2 rings (SSSR count). The van der Waals surface area contributed by atoms with Crippen LogP contribution in [0.5, 0.6) is 0 Å². The molecule has 0 bridgehead atoms. The molecular weight excluding hydrogens is 178 g/mol. The van der Waals surface area contributed by atoms with Gasteiger partial charge in [0.2, 0.25) is 0 Å². The molecule has 1 aliphatic rings. The predicted molar refractivity (Wildman–Crippen MR) is 53.8 cm³/mol. The van der Waals surface area contributed by atoms with Crippen LogP contribution in [-0.2, 0) is 6.54 Å². The van der Waals surface area contributed by atoms with Crippen LogP contribution in [0.1, 0.15) is 18.4 Å². The number of urea groups is 1. The minimum absolute atomic E-state index is 0.0590. The predicted octanol–water partition coefficient (Wildman–Crippen LogP) is 1.32. The number of H-pyrrole nitrogens is 1. The lowest BCUT2D eigenvalue weighted by molar-refractivity contribution is 0.208. The van der Waals surface area contributed by atoms with E-state index in [9.17, 15) is 4.79 Å². The van der Waals surface area contributed by atoms with Gasteiger partial charge in [-0.1, -0.05) is 0 Å². The summed E-state index contributed by atoms with van der Waals surface area (Å²) in [6.45, 7) is 2.41. The molecule has 1 fully saturated rings. The lowest BCUT2D eigenvalue weighted by Crippen LogP contribution is -2.37. The molecule has 0 atom stereocenters. The monoisotopic (exact) mass is 193 g/mol. The van der Waals surface area contributed by atoms with Crippen LogP contribution >= 0.6 is 0 Å². The number of nitrogens with one attached hydrogen (secondary N) is 2. The molecule has 0 saturated carbocycles. The van der Waals surface area contributed by atoms with Crippen molar-refractivity contribution in [3.8, 4) is 0 Å². The highest BCUT2D eigenvalue weighted by molar-refractivity contribution is 5.74. The maximum atomic E-state index is 11.5. The van der Waals surface area contributed by atoms with E-state index in [-0.39, 0.29) is 6.03 Å². The highest BCUT2D eigenvalue weighted by atomic mass is 16.2. The van der Waals surface area contributed by atoms with Crippen LogP contribution in [0.25, 0.3) is 0 Å². The number of carbonyl (C=O) groups excluding carboxylic acids is 1. The molecule has 4 heteroatoms. The largest absolute Gasteiger partial charge is 0.367 e. The molecular formula is C10H15N3O. The number of likely N-dealkylation sites (tertiary alicyclic amines) is 1. The van der Waals surface area contributed by atoms with Crippen molar-refractivity contribution < 1.29 is 4.79 Å². The average molecular weight is 193 g/mol. The molecule has 0 aliphatic carbocycles. The van der Waals surface area contributed by atoms with Crippen molar-refractivity contribution in [3.63, 3.8) is 0 Å². The summed E-state index contributed by atoms with van der Waals surface area (Å²) in [5.41, 5.74) is 1.11. The number of nitrogens with zero attached hydrogens (tertiary/aromatic N) is 1. The van der Waals surface area contributed by atoms with Crippen molar-refractivity contribution in [1.29, 1.82) is 0 Å². The van der Waals surface area contributed by atoms with E-state index in [1.54, 1.807) is 0 Å². The zero-order valence-corrected chi connectivity index (χ0v) is 8.12. The zero-order chi connectivity index (χ0) is 9.80. The van der Waals surface area contributed by atoms with Gasteiger partial charge in [-0.15, -0.1) is 0 Å². The fourth-order valence-electron chi connectivity index (χ4n) is 1.68. The van der Waals surface area contributed by atoms with Gasteiger partial charge in [0.05, 0.1) is 0 Å². The normalized spacial score (nSPS) is 15.9. The van der Waals surface area contributed by atoms with Crippen molar-refractivity contribution >= 4 is 6.03 Å². The third kappa shape index (κ3) is 2.07. The second kappa shape index (κ2) is 4.17. The quantitative estimate of drug-likeness (QED) is 0.731. The molecule has 1 saturated heterocycles. The number of rotatable bonds is 2. The fourth-order valence-corrected chi connectivity index (χ4v) is 1.68. The fraction of sp³-hybridized carbons (Fsp3) is 0.500. The van der Waals surface area contributed by atoms with Crippen LogP contribution in [0.15, 0.2) is 18.5 Å². The van der Waals surface area contributed by atoms with E-state index in [1.165, 1.54) is 0 Å². The first kappa shape index (κ1) is 9.12. The summed E-state index contributed by atoms with van der Waals surface area (Å²) in [7, 11) is 0. The Morgan fingerprint density at radius 1 is 1.50 bits per heavy atom. The summed E-state index contributed by atoms with van der Waals surface area (Å²) in [5, 5.41) is 2.89. The van der Waals surface area contributed by atoms with Gasteiger partial charge < -0.3 is 15.2 Å². The first-order valence-corrected chi connectivity index (χ1v) is 5.01. The number of carbonyl (C=O) groups is 1. The summed E-state index contributed by atoms with van der Waals surface area (Å²) < 4.78 is 0. The SMILES string of the molecule is O=C(NCc1cc[nH]c1)N1CCCC1. The van der Waals surface area contributed by atoms with E-state index >= 15 is 0 Å². The molecule has 2 N–H and O–H groups in total. The van der Waals surface area contributed by atoms with Gasteiger partial charge in [0.25, 0.3) is 0 Å². The Bertz CT molecular complexity index is 288. The van der Waals surface area contributed by atoms with Gasteiger partial charge in [0.1, 0.15) is 0 Å². The number of hydrogen-bond acceptors (Lipinski definition) is 1. The van der Waals surface area contributed by atoms with Crippen LogP contribution in [0, 0.1) is 0 Å². The van der Waals surface area contributed by atoms with E-state index in [0.717, 1.165) is 31.5 Å². The molecule has 1 aromatic heterocycles. The lowest BCUT2D eigenvalue weighted by atomic mass is 10.3. The van der Waals surface area contributed by atoms with E-state index < -0.39 is 0 Å². The second-order valence-electron chi connectivity index (χ2n) is 3.57. The molecule has 0 spiro atoms. The average Bonchev–Trinajstić information content (AvgIpc) is 2.87. The summed E-state index contributed by atoms with van der Waals surface area (Å²) >= 11 is 0. The van der Waals surface area contributed by atoms with Crippen molar-refractivity contribution in [2.45, 2.75) is 19.4 Å². The third-order valence-corrected chi connectivity index (χ3v) is 2.50. The topological polar surface area (TPSA) is 48.1 Å². The molecule has 1 aliphatic heterocycles. The molecule has 76 valence electrons. The first-order valence-electron chi connectivity index (χ1n) is 5.01. The number of hydrogen-bond donors (Lipinski definition) is 2. The Hall–Kier alpha value is -1.45. The summed E-state index contributed by atoms with van der Waals surface area (Å²) in [6, 6.07) is 2.02. The van der Waals surface area contributed by atoms with Crippen LogP contribution in [0.3, 0.4) is 0 Å². The Kier molecular flexibility index (Phi) is 2.72. The molecule has 1 aromatic rings. The Morgan fingerprint density at radius 2 is 2.29 bits per heavy atom. The number of aromatic amines is 1. The van der Waals surface area contributed by atoms with E-state index in [0.29, 0.717) is 6.54 Å². The molecule has 4 nitrogen and oxygen atoms in total. The van der Waals surface area contributed by atoms with Gasteiger partial charge in [0, 0.05) is 32.0 Å². The van der Waals surface area contributed by atoms with E-state index in [2.05, 4.69) is 10.3 Å². The lowest BCUT2D eigenvalue weighted by Gasteiger charge is -2.15. The van der Waals surface area contributed by atoms with Crippen LogP contribution in [0.4, 0.5) is 4.79 Å². The van der Waals surface area contributed by atoms with Crippen LogP contribution in [0.2, 0.25) is 0 Å². The molecule has 0 aromatic carbocycles. The van der Waals surface area contributed by atoms with Gasteiger partial charge in [-0.05, 0) is 24.5 Å². The molecule has 2 amide bonds. The van der Waals surface area contributed by atoms with Crippen LogP contribution in [-0.4, -0.2) is 29.0 Å². The maximum Gasteiger partial charge on any atom is 0.317 e. The van der Waals surface area contributed by atoms with Gasteiger partial charge in [0.15, 0.2) is 0 Å². The van der Waals surface area contributed by atoms with Crippen molar-refractivity contribution in [1.82, 2.24) is 15.2 Å². The van der Waals surface area contributed by atoms with Crippen molar-refractivity contribution in [2.24, 2.45) is 0 Å². The molecule has 2 heterocycles. The van der Waals surface area contributed by atoms with Gasteiger partial charge in [-0.25, -0.2) is 4.79 Å². The van der Waals surface area contributed by atoms with Gasteiger partial charge in [-0.3, -0.25) is 0 Å². The number of amides is 2. The minimum Gasteiger partial charge on any atom is -0.367 e. The second-order valence-corrected chi connectivity index (χ2v) is 3.57. The van der Waals surface area contributed by atoms with Crippen molar-refractivity contribution in [3.05, 3.63) is 24.0 Å². The smallest absolute Gasteiger partial charge is 0.317 e. The Morgan fingerprint density at radius 3 is 2.93 bits per heavy atom. The highest BCUT2D eigenvalue weighted by Gasteiger charge is 2.16. The Balaban J connectivity index is 1.77. The Labute approximate surface area is 83.3 Å². The van der Waals surface area contributed by atoms with Gasteiger partial charge in [-0.2, -0.15) is 0 Å².